The summed E-state index contributed by atoms with van der Waals surface area (Å²) in [5, 5.41) is 3.31. The minimum atomic E-state index is -3.22. The molecule has 2 saturated heterocycles. The quantitative estimate of drug-likeness (QED) is 0.820. The molecule has 1 amide bonds. The first-order chi connectivity index (χ1) is 9.25. The molecule has 0 radical (unpaired) electrons. The molecule has 2 unspecified atom stereocenters. The lowest BCUT2D eigenvalue weighted by atomic mass is 10.0. The molecule has 0 saturated carbocycles. The highest BCUT2D eigenvalue weighted by atomic mass is 32.2. The van der Waals surface area contributed by atoms with E-state index in [1.54, 1.807) is 11.9 Å². The second kappa shape index (κ2) is 5.85. The SMILES string of the molecule is CNC1CS(=O)(=O)CC(C)(C)N(CC2CCCS2)C1=O. The zero-order valence-corrected chi connectivity index (χ0v) is 14.0. The largest absolute Gasteiger partial charge is 0.334 e. The van der Waals surface area contributed by atoms with Crippen molar-refractivity contribution in [2.75, 3.05) is 30.9 Å². The van der Waals surface area contributed by atoms with Crippen LogP contribution in [0.15, 0.2) is 0 Å². The van der Waals surface area contributed by atoms with Gasteiger partial charge in [0.15, 0.2) is 9.84 Å². The standard InChI is InChI=1S/C13H24N2O3S2/c1-13(2)9-20(17,18)8-11(14-3)12(16)15(13)7-10-5-4-6-19-10/h10-11,14H,4-9H2,1-3H3. The Labute approximate surface area is 125 Å². The zero-order chi connectivity index (χ0) is 15.0. The van der Waals surface area contributed by atoms with Crippen molar-refractivity contribution in [2.45, 2.75) is 43.5 Å². The summed E-state index contributed by atoms with van der Waals surface area (Å²) in [6.07, 6.45) is 2.30. The molecule has 0 aromatic carbocycles. The molecule has 20 heavy (non-hydrogen) atoms. The maximum Gasteiger partial charge on any atom is 0.241 e. The fourth-order valence-electron chi connectivity index (χ4n) is 3.02. The Kier molecular flexibility index (Phi) is 4.71. The van der Waals surface area contributed by atoms with Gasteiger partial charge in [-0.1, -0.05) is 0 Å². The van der Waals surface area contributed by atoms with Crippen molar-refractivity contribution in [3.8, 4) is 0 Å². The Hall–Kier alpha value is -0.270. The van der Waals surface area contributed by atoms with Gasteiger partial charge in [0.05, 0.1) is 17.0 Å². The van der Waals surface area contributed by atoms with Crippen molar-refractivity contribution >= 4 is 27.5 Å². The highest BCUT2D eigenvalue weighted by molar-refractivity contribution is 8.00. The Morgan fingerprint density at radius 3 is 2.70 bits per heavy atom. The fraction of sp³-hybridized carbons (Fsp3) is 0.923. The van der Waals surface area contributed by atoms with Gasteiger partial charge in [0.1, 0.15) is 6.04 Å². The van der Waals surface area contributed by atoms with Crippen LogP contribution in [0.1, 0.15) is 26.7 Å². The number of carbonyl (C=O) groups is 1. The summed E-state index contributed by atoms with van der Waals surface area (Å²) in [4.78, 5) is 14.5. The minimum Gasteiger partial charge on any atom is -0.334 e. The summed E-state index contributed by atoms with van der Waals surface area (Å²) < 4.78 is 24.3. The van der Waals surface area contributed by atoms with Crippen LogP contribution in [0, 0.1) is 0 Å². The minimum absolute atomic E-state index is 0.0430. The number of nitrogens with one attached hydrogen (secondary N) is 1. The Bertz CT molecular complexity index is 470. The van der Waals surface area contributed by atoms with Crippen molar-refractivity contribution in [3.05, 3.63) is 0 Å². The number of thioether (sulfide) groups is 1. The molecular formula is C13H24N2O3S2. The fourth-order valence-corrected chi connectivity index (χ4v) is 6.44. The smallest absolute Gasteiger partial charge is 0.241 e. The van der Waals surface area contributed by atoms with Crippen LogP contribution in [0.25, 0.3) is 0 Å². The van der Waals surface area contributed by atoms with E-state index in [9.17, 15) is 13.2 Å². The monoisotopic (exact) mass is 320 g/mol. The van der Waals surface area contributed by atoms with E-state index >= 15 is 0 Å². The molecular weight excluding hydrogens is 296 g/mol. The van der Waals surface area contributed by atoms with Gasteiger partial charge in [0.25, 0.3) is 0 Å². The van der Waals surface area contributed by atoms with E-state index in [4.69, 9.17) is 0 Å². The first-order valence-electron chi connectivity index (χ1n) is 7.06. The third-order valence-corrected chi connectivity index (χ3v) is 7.42. The average molecular weight is 320 g/mol. The van der Waals surface area contributed by atoms with Crippen molar-refractivity contribution in [3.63, 3.8) is 0 Å². The second-order valence-corrected chi connectivity index (χ2v) is 9.81. The van der Waals surface area contributed by atoms with Crippen LogP contribution in [0.2, 0.25) is 0 Å². The molecule has 0 aliphatic carbocycles. The predicted octanol–water partition coefficient (Wildman–Crippen LogP) is 0.506. The molecule has 5 nitrogen and oxygen atoms in total. The molecule has 2 fully saturated rings. The van der Waals surface area contributed by atoms with Gasteiger partial charge in [0.2, 0.25) is 5.91 Å². The lowest BCUT2D eigenvalue weighted by molar-refractivity contribution is -0.137. The molecule has 0 spiro atoms. The van der Waals surface area contributed by atoms with Crippen molar-refractivity contribution in [2.24, 2.45) is 0 Å². The highest BCUT2D eigenvalue weighted by Crippen LogP contribution is 2.31. The van der Waals surface area contributed by atoms with Crippen LogP contribution in [0.5, 0.6) is 0 Å². The lowest BCUT2D eigenvalue weighted by Gasteiger charge is -2.39. The maximum atomic E-state index is 12.7. The number of sulfone groups is 1. The summed E-state index contributed by atoms with van der Waals surface area (Å²) >= 11 is 1.89. The average Bonchev–Trinajstić information content (AvgIpc) is 2.81. The summed E-state index contributed by atoms with van der Waals surface area (Å²) in [6.45, 7) is 4.38. The number of nitrogens with zero attached hydrogens (tertiary/aromatic N) is 1. The molecule has 2 aliphatic heterocycles. The molecule has 2 atom stereocenters. The highest BCUT2D eigenvalue weighted by Gasteiger charge is 2.44. The van der Waals surface area contributed by atoms with Gasteiger partial charge in [-0.3, -0.25) is 4.79 Å². The maximum absolute atomic E-state index is 12.7. The molecule has 2 aliphatic rings. The lowest BCUT2D eigenvalue weighted by Crippen LogP contribution is -2.55. The van der Waals surface area contributed by atoms with Gasteiger partial charge >= 0.3 is 0 Å². The number of carbonyl (C=O) groups excluding carboxylic acids is 1. The number of likely N-dealkylation sites (N-methyl/N-ethyl adjacent to an activating group) is 1. The molecule has 0 aromatic rings. The molecule has 2 heterocycles. The molecule has 0 aromatic heterocycles. The van der Waals surface area contributed by atoms with E-state index in [1.165, 1.54) is 6.42 Å². The Balaban J connectivity index is 2.27. The summed E-state index contributed by atoms with van der Waals surface area (Å²) in [6, 6.07) is -0.617. The van der Waals surface area contributed by atoms with Crippen molar-refractivity contribution < 1.29 is 13.2 Å². The van der Waals surface area contributed by atoms with Crippen molar-refractivity contribution in [1.29, 1.82) is 0 Å². The van der Waals surface area contributed by atoms with E-state index in [-0.39, 0.29) is 17.4 Å². The van der Waals surface area contributed by atoms with E-state index in [0.29, 0.717) is 11.8 Å². The number of rotatable bonds is 3. The number of hydrogen-bond acceptors (Lipinski definition) is 5. The van der Waals surface area contributed by atoms with E-state index in [2.05, 4.69) is 5.32 Å². The topological polar surface area (TPSA) is 66.5 Å². The first-order valence-corrected chi connectivity index (χ1v) is 9.93. The molecule has 1 N–H and O–H groups in total. The zero-order valence-electron chi connectivity index (χ0n) is 12.4. The van der Waals surface area contributed by atoms with Crippen LogP contribution in [0.4, 0.5) is 0 Å². The molecule has 116 valence electrons. The third kappa shape index (κ3) is 3.49. The number of hydrogen-bond donors (Lipinski definition) is 1. The van der Waals surface area contributed by atoms with Crippen LogP contribution in [-0.4, -0.2) is 66.9 Å². The molecule has 0 bridgehead atoms. The predicted molar refractivity (Wildman–Crippen MR) is 82.8 cm³/mol. The van der Waals surface area contributed by atoms with E-state index < -0.39 is 21.4 Å². The van der Waals surface area contributed by atoms with Gasteiger partial charge < -0.3 is 10.2 Å². The van der Waals surface area contributed by atoms with Gasteiger partial charge in [-0.2, -0.15) is 11.8 Å². The Morgan fingerprint density at radius 2 is 2.15 bits per heavy atom. The van der Waals surface area contributed by atoms with Gasteiger partial charge in [0, 0.05) is 11.8 Å². The van der Waals surface area contributed by atoms with E-state index in [1.807, 2.05) is 25.6 Å². The third-order valence-electron chi connectivity index (χ3n) is 4.05. The first kappa shape index (κ1) is 16.1. The molecule has 2 rings (SSSR count). The second-order valence-electron chi connectivity index (χ2n) is 6.29. The van der Waals surface area contributed by atoms with Crippen LogP contribution in [-0.2, 0) is 14.6 Å². The van der Waals surface area contributed by atoms with Crippen LogP contribution < -0.4 is 5.32 Å². The Morgan fingerprint density at radius 1 is 1.45 bits per heavy atom. The van der Waals surface area contributed by atoms with Crippen LogP contribution >= 0.6 is 11.8 Å². The van der Waals surface area contributed by atoms with Gasteiger partial charge in [-0.15, -0.1) is 0 Å². The van der Waals surface area contributed by atoms with Gasteiger partial charge in [-0.25, -0.2) is 8.42 Å². The normalized spacial score (nSPS) is 33.1. The van der Waals surface area contributed by atoms with Crippen LogP contribution in [0.3, 0.4) is 0 Å². The number of amides is 1. The summed E-state index contributed by atoms with van der Waals surface area (Å²) in [5.41, 5.74) is -0.634. The van der Waals surface area contributed by atoms with E-state index in [0.717, 1.165) is 12.2 Å². The summed E-state index contributed by atoms with van der Waals surface area (Å²) in [7, 11) is -1.57. The van der Waals surface area contributed by atoms with Gasteiger partial charge in [-0.05, 0) is 39.5 Å². The molecule has 7 heteroatoms. The van der Waals surface area contributed by atoms with Crippen molar-refractivity contribution in [1.82, 2.24) is 10.2 Å². The summed E-state index contributed by atoms with van der Waals surface area (Å²) in [5.74, 6) is 1.01.